The first kappa shape index (κ1) is 17.0. The van der Waals surface area contributed by atoms with Crippen molar-refractivity contribution >= 4 is 10.0 Å². The second-order valence-electron chi connectivity index (χ2n) is 5.15. The van der Waals surface area contributed by atoms with Gasteiger partial charge in [0.15, 0.2) is 0 Å². The van der Waals surface area contributed by atoms with Crippen molar-refractivity contribution in [3.05, 3.63) is 24.3 Å². The van der Waals surface area contributed by atoms with Crippen LogP contribution >= 0.6 is 0 Å². The SMILES string of the molecule is O=S(=O)(NC1CCC(O)CC1)c1cccc(OC(F)(F)F)c1. The van der Waals surface area contributed by atoms with Gasteiger partial charge < -0.3 is 9.84 Å². The van der Waals surface area contributed by atoms with Gasteiger partial charge in [-0.05, 0) is 37.8 Å². The zero-order chi connectivity index (χ0) is 16.4. The molecule has 0 amide bonds. The molecule has 1 aromatic carbocycles. The molecule has 0 saturated heterocycles. The summed E-state index contributed by atoms with van der Waals surface area (Å²) in [6.07, 6.45) is -3.35. The van der Waals surface area contributed by atoms with E-state index in [4.69, 9.17) is 0 Å². The minimum Gasteiger partial charge on any atom is -0.406 e. The predicted molar refractivity (Wildman–Crippen MR) is 71.7 cm³/mol. The van der Waals surface area contributed by atoms with Gasteiger partial charge >= 0.3 is 6.36 Å². The minimum absolute atomic E-state index is 0.291. The van der Waals surface area contributed by atoms with E-state index in [2.05, 4.69) is 9.46 Å². The molecule has 22 heavy (non-hydrogen) atoms. The van der Waals surface area contributed by atoms with Gasteiger partial charge in [-0.1, -0.05) is 6.07 Å². The quantitative estimate of drug-likeness (QED) is 0.881. The highest BCUT2D eigenvalue weighted by Gasteiger charge is 2.32. The Bertz CT molecular complexity index is 610. The number of halogens is 3. The number of alkyl halides is 3. The maximum Gasteiger partial charge on any atom is 0.573 e. The van der Waals surface area contributed by atoms with E-state index in [9.17, 15) is 26.7 Å². The molecule has 2 rings (SSSR count). The van der Waals surface area contributed by atoms with E-state index in [0.717, 1.165) is 12.1 Å². The first-order valence-corrected chi connectivity index (χ1v) is 8.20. The maximum atomic E-state index is 12.2. The fraction of sp³-hybridized carbons (Fsp3) is 0.538. The van der Waals surface area contributed by atoms with Gasteiger partial charge in [0.25, 0.3) is 0 Å². The van der Waals surface area contributed by atoms with Gasteiger partial charge in [-0.25, -0.2) is 13.1 Å². The van der Waals surface area contributed by atoms with Crippen molar-refractivity contribution < 1.29 is 31.4 Å². The molecule has 0 unspecified atom stereocenters. The van der Waals surface area contributed by atoms with Gasteiger partial charge in [-0.2, -0.15) is 0 Å². The fourth-order valence-electron chi connectivity index (χ4n) is 2.32. The van der Waals surface area contributed by atoms with Crippen LogP contribution in [0.25, 0.3) is 0 Å². The highest BCUT2D eigenvalue weighted by molar-refractivity contribution is 7.89. The maximum absolute atomic E-state index is 12.2. The predicted octanol–water partition coefficient (Wildman–Crippen LogP) is 2.17. The van der Waals surface area contributed by atoms with E-state index in [1.807, 2.05) is 0 Å². The lowest BCUT2D eigenvalue weighted by molar-refractivity contribution is -0.274. The topological polar surface area (TPSA) is 75.6 Å². The van der Waals surface area contributed by atoms with Crippen LogP contribution in [0.3, 0.4) is 0 Å². The third-order valence-corrected chi connectivity index (χ3v) is 4.89. The van der Waals surface area contributed by atoms with Crippen molar-refractivity contribution in [1.29, 1.82) is 0 Å². The van der Waals surface area contributed by atoms with Crippen molar-refractivity contribution in [1.82, 2.24) is 4.72 Å². The molecule has 5 nitrogen and oxygen atoms in total. The summed E-state index contributed by atoms with van der Waals surface area (Å²) in [7, 11) is -3.93. The zero-order valence-corrected chi connectivity index (χ0v) is 12.3. The molecule has 0 heterocycles. The smallest absolute Gasteiger partial charge is 0.406 e. The van der Waals surface area contributed by atoms with Crippen molar-refractivity contribution in [3.8, 4) is 5.75 Å². The summed E-state index contributed by atoms with van der Waals surface area (Å²) in [5, 5.41) is 9.39. The van der Waals surface area contributed by atoms with Crippen LogP contribution in [0.2, 0.25) is 0 Å². The summed E-state index contributed by atoms with van der Waals surface area (Å²) in [6, 6.07) is 3.90. The highest BCUT2D eigenvalue weighted by Crippen LogP contribution is 2.26. The monoisotopic (exact) mass is 339 g/mol. The third-order valence-electron chi connectivity index (χ3n) is 3.37. The number of aliphatic hydroxyl groups is 1. The molecule has 0 aromatic heterocycles. The van der Waals surface area contributed by atoms with E-state index in [1.54, 1.807) is 0 Å². The van der Waals surface area contributed by atoms with Gasteiger partial charge in [0, 0.05) is 12.1 Å². The molecule has 0 aliphatic heterocycles. The summed E-state index contributed by atoms with van der Waals surface area (Å²) in [5.41, 5.74) is 0. The number of nitrogens with one attached hydrogen (secondary N) is 1. The van der Waals surface area contributed by atoms with Gasteiger partial charge in [0.05, 0.1) is 11.0 Å². The molecule has 1 saturated carbocycles. The number of benzene rings is 1. The first-order valence-electron chi connectivity index (χ1n) is 6.72. The summed E-state index contributed by atoms with van der Waals surface area (Å²) in [5.74, 6) is -0.588. The lowest BCUT2D eigenvalue weighted by Gasteiger charge is -2.26. The Morgan fingerprint density at radius 2 is 1.82 bits per heavy atom. The Hall–Kier alpha value is -1.32. The average Bonchev–Trinajstić information content (AvgIpc) is 2.40. The molecular formula is C13H16F3NO4S. The van der Waals surface area contributed by atoms with E-state index in [0.29, 0.717) is 25.7 Å². The van der Waals surface area contributed by atoms with E-state index >= 15 is 0 Å². The van der Waals surface area contributed by atoms with Gasteiger partial charge in [0.2, 0.25) is 10.0 Å². The van der Waals surface area contributed by atoms with Crippen molar-refractivity contribution in [2.45, 2.75) is 49.1 Å². The van der Waals surface area contributed by atoms with Crippen LogP contribution in [0, 0.1) is 0 Å². The normalized spacial score (nSPS) is 23.3. The first-order chi connectivity index (χ1) is 10.2. The Kier molecular flexibility index (Phi) is 4.98. The standard InChI is InChI=1S/C13H16F3NO4S/c14-13(15,16)21-11-2-1-3-12(8-11)22(19,20)17-9-4-6-10(18)7-5-9/h1-3,8-10,17-18H,4-7H2. The molecule has 0 radical (unpaired) electrons. The Balaban J connectivity index is 2.10. The van der Waals surface area contributed by atoms with E-state index < -0.39 is 28.2 Å². The molecule has 1 fully saturated rings. The molecule has 9 heteroatoms. The summed E-state index contributed by atoms with van der Waals surface area (Å²) < 4.78 is 67.0. The molecule has 0 bridgehead atoms. The van der Waals surface area contributed by atoms with E-state index in [1.165, 1.54) is 12.1 Å². The Labute approximate surface area is 126 Å². The number of rotatable bonds is 4. The number of hydrogen-bond donors (Lipinski definition) is 2. The summed E-state index contributed by atoms with van der Waals surface area (Å²) in [4.78, 5) is -0.291. The molecule has 0 spiro atoms. The van der Waals surface area contributed by atoms with Crippen molar-refractivity contribution in [3.63, 3.8) is 0 Å². The molecule has 1 aromatic rings. The van der Waals surface area contributed by atoms with Crippen molar-refractivity contribution in [2.75, 3.05) is 0 Å². The second kappa shape index (κ2) is 6.43. The molecule has 2 N–H and O–H groups in total. The molecule has 124 valence electrons. The molecule has 0 atom stereocenters. The molecule has 1 aliphatic carbocycles. The number of hydrogen-bond acceptors (Lipinski definition) is 4. The van der Waals surface area contributed by atoms with Crippen LogP contribution in [-0.2, 0) is 10.0 Å². The highest BCUT2D eigenvalue weighted by atomic mass is 32.2. The van der Waals surface area contributed by atoms with E-state index in [-0.39, 0.29) is 10.9 Å². The lowest BCUT2D eigenvalue weighted by atomic mass is 9.94. The molecular weight excluding hydrogens is 323 g/mol. The van der Waals surface area contributed by atoms with Crippen LogP contribution in [-0.4, -0.2) is 32.0 Å². The van der Waals surface area contributed by atoms with Crippen molar-refractivity contribution in [2.24, 2.45) is 0 Å². The average molecular weight is 339 g/mol. The Morgan fingerprint density at radius 1 is 1.18 bits per heavy atom. The zero-order valence-electron chi connectivity index (χ0n) is 11.5. The second-order valence-corrected chi connectivity index (χ2v) is 6.86. The largest absolute Gasteiger partial charge is 0.573 e. The van der Waals surface area contributed by atoms with Crippen LogP contribution < -0.4 is 9.46 Å². The van der Waals surface area contributed by atoms with Crippen LogP contribution in [0.15, 0.2) is 29.2 Å². The van der Waals surface area contributed by atoms with Gasteiger partial charge in [-0.3, -0.25) is 0 Å². The lowest BCUT2D eigenvalue weighted by Crippen LogP contribution is -2.38. The van der Waals surface area contributed by atoms with Gasteiger partial charge in [-0.15, -0.1) is 13.2 Å². The fourth-order valence-corrected chi connectivity index (χ4v) is 3.66. The third kappa shape index (κ3) is 4.85. The van der Waals surface area contributed by atoms with Crippen LogP contribution in [0.5, 0.6) is 5.75 Å². The summed E-state index contributed by atoms with van der Waals surface area (Å²) >= 11 is 0. The van der Waals surface area contributed by atoms with Gasteiger partial charge in [0.1, 0.15) is 5.75 Å². The van der Waals surface area contributed by atoms with Crippen LogP contribution in [0.1, 0.15) is 25.7 Å². The number of sulfonamides is 1. The minimum atomic E-state index is -4.88. The Morgan fingerprint density at radius 3 is 2.41 bits per heavy atom. The molecule has 1 aliphatic rings. The number of ether oxygens (including phenoxy) is 1. The summed E-state index contributed by atoms with van der Waals surface area (Å²) in [6.45, 7) is 0. The number of aliphatic hydroxyl groups excluding tert-OH is 1. The van der Waals surface area contributed by atoms with Crippen LogP contribution in [0.4, 0.5) is 13.2 Å².